The van der Waals surface area contributed by atoms with Gasteiger partial charge in [0.05, 0.1) is 18.2 Å². The third-order valence-electron chi connectivity index (χ3n) is 3.49. The van der Waals surface area contributed by atoms with Gasteiger partial charge >= 0.3 is 0 Å². The highest BCUT2D eigenvalue weighted by molar-refractivity contribution is 6.32. The lowest BCUT2D eigenvalue weighted by Gasteiger charge is -2.15. The fourth-order valence-corrected chi connectivity index (χ4v) is 2.52. The van der Waals surface area contributed by atoms with Gasteiger partial charge in [-0.15, -0.1) is 0 Å². The Bertz CT molecular complexity index is 834. The smallest absolute Gasteiger partial charge is 0.248 e. The normalized spacial score (nSPS) is 11.0. The van der Waals surface area contributed by atoms with Crippen LogP contribution in [0.2, 0.25) is 5.02 Å². The van der Waals surface area contributed by atoms with Crippen molar-refractivity contribution < 1.29 is 18.7 Å². The Labute approximate surface area is 157 Å². The van der Waals surface area contributed by atoms with E-state index in [0.29, 0.717) is 27.8 Å². The second-order valence-electron chi connectivity index (χ2n) is 5.98. The number of amides is 1. The van der Waals surface area contributed by atoms with E-state index < -0.39 is 5.82 Å². The van der Waals surface area contributed by atoms with Crippen molar-refractivity contribution in [1.82, 2.24) is 0 Å². The third kappa shape index (κ3) is 5.23. The Morgan fingerprint density at radius 1 is 1.27 bits per heavy atom. The fourth-order valence-electron chi connectivity index (χ4n) is 2.26. The van der Waals surface area contributed by atoms with Crippen LogP contribution in [0.5, 0.6) is 11.5 Å². The molecule has 138 valence electrons. The standard InChI is InChI=1S/C20H21ClFNO3/c1-12(2)26-20-16(21)9-14(10-18(20)25-4)6-8-19(24)23-17-11-15(22)7-5-13(17)3/h5-12H,1-4H3,(H,23,24)/b8-6+. The van der Waals surface area contributed by atoms with Crippen LogP contribution < -0.4 is 14.8 Å². The first-order chi connectivity index (χ1) is 12.3. The van der Waals surface area contributed by atoms with Crippen molar-refractivity contribution in [3.05, 3.63) is 58.4 Å². The number of carbonyl (C=O) groups is 1. The number of methoxy groups -OCH3 is 1. The Hall–Kier alpha value is -2.53. The Morgan fingerprint density at radius 3 is 2.65 bits per heavy atom. The molecular weight excluding hydrogens is 357 g/mol. The first-order valence-electron chi connectivity index (χ1n) is 8.09. The molecule has 0 atom stereocenters. The van der Waals surface area contributed by atoms with Gasteiger partial charge < -0.3 is 14.8 Å². The van der Waals surface area contributed by atoms with E-state index in [9.17, 15) is 9.18 Å². The molecule has 1 amide bonds. The minimum Gasteiger partial charge on any atom is -0.493 e. The van der Waals surface area contributed by atoms with Gasteiger partial charge in [0.25, 0.3) is 0 Å². The Kier molecular flexibility index (Phi) is 6.64. The zero-order valence-corrected chi connectivity index (χ0v) is 15.9. The summed E-state index contributed by atoms with van der Waals surface area (Å²) in [6.45, 7) is 5.57. The van der Waals surface area contributed by atoms with Crippen LogP contribution in [0.4, 0.5) is 10.1 Å². The van der Waals surface area contributed by atoms with Gasteiger partial charge in [0, 0.05) is 11.8 Å². The first-order valence-corrected chi connectivity index (χ1v) is 8.47. The molecule has 0 unspecified atom stereocenters. The quantitative estimate of drug-likeness (QED) is 0.701. The topological polar surface area (TPSA) is 47.6 Å². The van der Waals surface area contributed by atoms with Crippen LogP contribution in [-0.2, 0) is 4.79 Å². The molecule has 2 rings (SSSR count). The van der Waals surface area contributed by atoms with Gasteiger partial charge in [-0.2, -0.15) is 0 Å². The van der Waals surface area contributed by atoms with Gasteiger partial charge in [-0.25, -0.2) is 4.39 Å². The molecule has 0 heterocycles. The SMILES string of the molecule is COc1cc(/C=C/C(=O)Nc2cc(F)ccc2C)cc(Cl)c1OC(C)C. The number of rotatable bonds is 6. The number of halogens is 2. The molecule has 0 aliphatic rings. The van der Waals surface area contributed by atoms with Crippen molar-refractivity contribution in [3.8, 4) is 11.5 Å². The highest BCUT2D eigenvalue weighted by atomic mass is 35.5. The van der Waals surface area contributed by atoms with Crippen molar-refractivity contribution in [1.29, 1.82) is 0 Å². The lowest BCUT2D eigenvalue weighted by Crippen LogP contribution is -2.09. The molecule has 0 aromatic heterocycles. The lowest BCUT2D eigenvalue weighted by molar-refractivity contribution is -0.111. The first kappa shape index (κ1) is 19.8. The van der Waals surface area contributed by atoms with Crippen LogP contribution in [0.1, 0.15) is 25.0 Å². The number of carbonyl (C=O) groups excluding carboxylic acids is 1. The predicted molar refractivity (Wildman–Crippen MR) is 103 cm³/mol. The van der Waals surface area contributed by atoms with Gasteiger partial charge in [-0.3, -0.25) is 4.79 Å². The summed E-state index contributed by atoms with van der Waals surface area (Å²) in [5.41, 5.74) is 1.87. The summed E-state index contributed by atoms with van der Waals surface area (Å²) in [6.07, 6.45) is 2.89. The Balaban J connectivity index is 2.18. The van der Waals surface area contributed by atoms with E-state index in [1.807, 2.05) is 13.8 Å². The van der Waals surface area contributed by atoms with Crippen LogP contribution in [-0.4, -0.2) is 19.1 Å². The summed E-state index contributed by atoms with van der Waals surface area (Å²) in [4.78, 5) is 12.1. The number of hydrogen-bond acceptors (Lipinski definition) is 3. The van der Waals surface area contributed by atoms with Crippen molar-refractivity contribution in [3.63, 3.8) is 0 Å². The molecule has 0 aliphatic heterocycles. The molecule has 2 aromatic rings. The fraction of sp³-hybridized carbons (Fsp3) is 0.250. The molecule has 0 fully saturated rings. The molecule has 4 nitrogen and oxygen atoms in total. The number of aryl methyl sites for hydroxylation is 1. The molecule has 26 heavy (non-hydrogen) atoms. The highest BCUT2D eigenvalue weighted by Gasteiger charge is 2.13. The summed E-state index contributed by atoms with van der Waals surface area (Å²) in [7, 11) is 1.52. The molecule has 2 aromatic carbocycles. The minimum atomic E-state index is -0.410. The second kappa shape index (κ2) is 8.72. The summed E-state index contributed by atoms with van der Waals surface area (Å²) in [6, 6.07) is 7.63. The predicted octanol–water partition coefficient (Wildman–Crippen LogP) is 5.24. The molecule has 0 bridgehead atoms. The van der Waals surface area contributed by atoms with E-state index in [1.165, 1.54) is 25.3 Å². The monoisotopic (exact) mass is 377 g/mol. The van der Waals surface area contributed by atoms with E-state index in [2.05, 4.69) is 5.32 Å². The molecule has 6 heteroatoms. The maximum Gasteiger partial charge on any atom is 0.248 e. The number of anilines is 1. The summed E-state index contributed by atoms with van der Waals surface area (Å²) in [5.74, 6) is 0.150. The third-order valence-corrected chi connectivity index (χ3v) is 3.77. The maximum absolute atomic E-state index is 13.3. The van der Waals surface area contributed by atoms with Crippen LogP contribution >= 0.6 is 11.6 Å². The summed E-state index contributed by atoms with van der Waals surface area (Å²) < 4.78 is 24.3. The van der Waals surface area contributed by atoms with E-state index >= 15 is 0 Å². The summed E-state index contributed by atoms with van der Waals surface area (Å²) >= 11 is 6.26. The Morgan fingerprint density at radius 2 is 2.00 bits per heavy atom. The molecule has 0 saturated carbocycles. The number of ether oxygens (including phenoxy) is 2. The zero-order valence-electron chi connectivity index (χ0n) is 15.1. The number of hydrogen-bond donors (Lipinski definition) is 1. The average Bonchev–Trinajstić information content (AvgIpc) is 2.58. The number of nitrogens with one attached hydrogen (secondary N) is 1. The molecule has 0 spiro atoms. The van der Waals surface area contributed by atoms with Crippen molar-refractivity contribution in [2.45, 2.75) is 26.9 Å². The highest BCUT2D eigenvalue weighted by Crippen LogP contribution is 2.37. The van der Waals surface area contributed by atoms with Gasteiger partial charge in [-0.05, 0) is 62.2 Å². The minimum absolute atomic E-state index is 0.0527. The average molecular weight is 378 g/mol. The molecule has 0 aliphatic carbocycles. The molecule has 1 N–H and O–H groups in total. The molecule has 0 saturated heterocycles. The molecular formula is C20H21ClFNO3. The van der Waals surface area contributed by atoms with Crippen LogP contribution in [0.3, 0.4) is 0 Å². The molecule has 0 radical (unpaired) electrons. The second-order valence-corrected chi connectivity index (χ2v) is 6.39. The van der Waals surface area contributed by atoms with Crippen LogP contribution in [0.25, 0.3) is 6.08 Å². The maximum atomic E-state index is 13.3. The van der Waals surface area contributed by atoms with E-state index in [4.69, 9.17) is 21.1 Å². The number of benzene rings is 2. The van der Waals surface area contributed by atoms with Gasteiger partial charge in [0.15, 0.2) is 11.5 Å². The van der Waals surface area contributed by atoms with E-state index in [-0.39, 0.29) is 12.0 Å². The summed E-state index contributed by atoms with van der Waals surface area (Å²) in [5, 5.41) is 3.04. The largest absolute Gasteiger partial charge is 0.493 e. The van der Waals surface area contributed by atoms with Gasteiger partial charge in [-0.1, -0.05) is 17.7 Å². The van der Waals surface area contributed by atoms with Crippen molar-refractivity contribution in [2.24, 2.45) is 0 Å². The van der Waals surface area contributed by atoms with E-state index in [1.54, 1.807) is 31.2 Å². The van der Waals surface area contributed by atoms with Crippen LogP contribution in [0.15, 0.2) is 36.4 Å². The van der Waals surface area contributed by atoms with Crippen molar-refractivity contribution in [2.75, 3.05) is 12.4 Å². The van der Waals surface area contributed by atoms with Gasteiger partial charge in [0.1, 0.15) is 5.82 Å². The van der Waals surface area contributed by atoms with Gasteiger partial charge in [0.2, 0.25) is 5.91 Å². The van der Waals surface area contributed by atoms with Crippen LogP contribution in [0, 0.1) is 12.7 Å². The van der Waals surface area contributed by atoms with Crippen molar-refractivity contribution >= 4 is 29.3 Å². The van der Waals surface area contributed by atoms with E-state index in [0.717, 1.165) is 5.56 Å². The zero-order chi connectivity index (χ0) is 19.3. The lowest BCUT2D eigenvalue weighted by atomic mass is 10.1.